The van der Waals surface area contributed by atoms with Crippen LogP contribution in [-0.4, -0.2) is 17.0 Å². The lowest BCUT2D eigenvalue weighted by atomic mass is 9.96. The van der Waals surface area contributed by atoms with E-state index in [1.54, 1.807) is 0 Å². The number of benzene rings is 1. The molecule has 0 spiro atoms. The van der Waals surface area contributed by atoms with Crippen molar-refractivity contribution in [2.75, 3.05) is 7.11 Å². The number of rotatable bonds is 4. The summed E-state index contributed by atoms with van der Waals surface area (Å²) in [5.41, 5.74) is 0.360. The number of alkyl halides is 3. The fourth-order valence-corrected chi connectivity index (χ4v) is 2.07. The lowest BCUT2D eigenvalue weighted by Crippen LogP contribution is -2.22. The first kappa shape index (κ1) is 14.6. The van der Waals surface area contributed by atoms with E-state index in [0.717, 1.165) is 22.6 Å². The van der Waals surface area contributed by atoms with E-state index in [2.05, 4.69) is 4.74 Å². The monoisotopic (exact) mass is 374 g/mol. The van der Waals surface area contributed by atoms with Crippen molar-refractivity contribution >= 4 is 40.2 Å². The zero-order valence-corrected chi connectivity index (χ0v) is 11.8. The average Bonchev–Trinajstić information content (AvgIpc) is 2.25. The van der Waals surface area contributed by atoms with Gasteiger partial charge in [-0.3, -0.25) is 4.79 Å². The fourth-order valence-electron chi connectivity index (χ4n) is 1.37. The maximum atomic E-state index is 13.4. The first-order valence-electron chi connectivity index (χ1n) is 4.73. The molecule has 2 nitrogen and oxygen atoms in total. The Morgan fingerprint density at radius 3 is 2.41 bits per heavy atom. The average molecular weight is 375 g/mol. The summed E-state index contributed by atoms with van der Waals surface area (Å²) < 4.78 is 28.2. The molecule has 0 bridgehead atoms. The minimum absolute atomic E-state index is 0.360. The second-order valence-corrected chi connectivity index (χ2v) is 5.30. The van der Waals surface area contributed by atoms with Gasteiger partial charge < -0.3 is 4.74 Å². The molecule has 94 valence electrons. The highest BCUT2D eigenvalue weighted by Gasteiger charge is 2.39. The quantitative estimate of drug-likeness (QED) is 0.452. The summed E-state index contributed by atoms with van der Waals surface area (Å²) in [5, 5.41) is 0.461. The summed E-state index contributed by atoms with van der Waals surface area (Å²) in [6, 6.07) is 6.01. The van der Waals surface area contributed by atoms with Gasteiger partial charge in [-0.1, -0.05) is 23.7 Å². The first-order valence-corrected chi connectivity index (χ1v) is 6.19. The van der Waals surface area contributed by atoms with Crippen molar-refractivity contribution < 1.29 is 18.3 Å². The number of esters is 1. The molecule has 0 N–H and O–H groups in total. The molecule has 0 amide bonds. The van der Waals surface area contributed by atoms with Gasteiger partial charge in [-0.25, -0.2) is 0 Å². The third kappa shape index (κ3) is 4.39. The van der Waals surface area contributed by atoms with Crippen LogP contribution in [0.15, 0.2) is 24.3 Å². The molecule has 1 aromatic rings. The predicted octanol–water partition coefficient (Wildman–Crippen LogP) is 4.01. The summed E-state index contributed by atoms with van der Waals surface area (Å²) in [4.78, 5) is 11.1. The van der Waals surface area contributed by atoms with Gasteiger partial charge in [-0.05, 0) is 40.3 Å². The largest absolute Gasteiger partial charge is 0.469 e. The zero-order chi connectivity index (χ0) is 13.1. The lowest BCUT2D eigenvalue weighted by molar-refractivity contribution is -0.142. The Balaban J connectivity index is 2.98. The number of ether oxygens (including phenoxy) is 1. The normalized spacial score (nSPS) is 13.2. The van der Waals surface area contributed by atoms with Crippen LogP contribution in [0.5, 0.6) is 0 Å². The number of methoxy groups -OCH3 is 1. The fraction of sp³-hybridized carbons (Fsp3) is 0.364. The second-order valence-electron chi connectivity index (χ2n) is 3.43. The second kappa shape index (κ2) is 5.95. The van der Waals surface area contributed by atoms with Gasteiger partial charge in [0.15, 0.2) is 0 Å². The van der Waals surface area contributed by atoms with Crippen molar-refractivity contribution in [2.24, 2.45) is 0 Å². The van der Waals surface area contributed by atoms with Crippen molar-refractivity contribution in [2.45, 2.75) is 16.3 Å². The van der Waals surface area contributed by atoms with Crippen LogP contribution in [0.25, 0.3) is 0 Å². The molecular formula is C11H10ClF2IO2. The molecule has 1 rings (SSSR count). The van der Waals surface area contributed by atoms with Crippen molar-refractivity contribution in [3.63, 3.8) is 0 Å². The third-order valence-electron chi connectivity index (χ3n) is 2.27. The van der Waals surface area contributed by atoms with E-state index in [1.165, 1.54) is 31.4 Å². The van der Waals surface area contributed by atoms with E-state index in [0.29, 0.717) is 10.6 Å². The molecule has 17 heavy (non-hydrogen) atoms. The summed E-state index contributed by atoms with van der Waals surface area (Å²) in [5.74, 6) is -1.88. The molecular weight excluding hydrogens is 364 g/mol. The Morgan fingerprint density at radius 2 is 2.00 bits per heavy atom. The Kier molecular flexibility index (Phi) is 5.12. The van der Waals surface area contributed by atoms with Gasteiger partial charge in [0.25, 0.3) is 0 Å². The highest BCUT2D eigenvalue weighted by molar-refractivity contribution is 14.1. The van der Waals surface area contributed by atoms with Crippen LogP contribution in [0.2, 0.25) is 5.02 Å². The Morgan fingerprint density at radius 1 is 1.47 bits per heavy atom. The SMILES string of the molecule is COC(=O)C[C@H](c1ccc(Cl)cc1)C(F)(F)I. The number of hydrogen-bond acceptors (Lipinski definition) is 2. The molecule has 0 aliphatic rings. The van der Waals surface area contributed by atoms with Gasteiger partial charge in [-0.2, -0.15) is 8.78 Å². The van der Waals surface area contributed by atoms with Crippen molar-refractivity contribution in [3.05, 3.63) is 34.9 Å². The molecule has 6 heteroatoms. The topological polar surface area (TPSA) is 26.3 Å². The third-order valence-corrected chi connectivity index (χ3v) is 3.27. The molecule has 0 aliphatic carbocycles. The van der Waals surface area contributed by atoms with Gasteiger partial charge >= 0.3 is 9.90 Å². The summed E-state index contributed by atoms with van der Waals surface area (Å²) in [6.45, 7) is 0. The van der Waals surface area contributed by atoms with Crippen molar-refractivity contribution in [3.8, 4) is 0 Å². The van der Waals surface area contributed by atoms with Gasteiger partial charge in [0.05, 0.1) is 19.4 Å². The Labute approximate surface area is 116 Å². The van der Waals surface area contributed by atoms with Crippen molar-refractivity contribution in [1.82, 2.24) is 0 Å². The maximum absolute atomic E-state index is 13.4. The molecule has 0 fully saturated rings. The predicted molar refractivity (Wildman–Crippen MR) is 69.8 cm³/mol. The zero-order valence-electron chi connectivity index (χ0n) is 8.92. The number of carbonyl (C=O) groups excluding carboxylic acids is 1. The molecule has 0 aromatic heterocycles. The van der Waals surface area contributed by atoms with Crippen LogP contribution in [0.3, 0.4) is 0 Å². The van der Waals surface area contributed by atoms with E-state index in [1.807, 2.05) is 0 Å². The number of halogens is 4. The molecule has 0 aliphatic heterocycles. The van der Waals surface area contributed by atoms with Gasteiger partial charge in [0.1, 0.15) is 0 Å². The van der Waals surface area contributed by atoms with Gasteiger partial charge in [0.2, 0.25) is 0 Å². The molecule has 0 heterocycles. The Bertz CT molecular complexity index is 389. The maximum Gasteiger partial charge on any atom is 0.306 e. The van der Waals surface area contributed by atoms with E-state index in [9.17, 15) is 13.6 Å². The van der Waals surface area contributed by atoms with Gasteiger partial charge in [-0.15, -0.1) is 0 Å². The minimum atomic E-state index is -3.03. The van der Waals surface area contributed by atoms with E-state index >= 15 is 0 Å². The number of hydrogen-bond donors (Lipinski definition) is 0. The molecule has 0 unspecified atom stereocenters. The minimum Gasteiger partial charge on any atom is -0.469 e. The summed E-state index contributed by atoms with van der Waals surface area (Å²) in [6.07, 6.45) is -0.367. The van der Waals surface area contributed by atoms with Crippen LogP contribution in [0, 0.1) is 0 Å². The highest BCUT2D eigenvalue weighted by Crippen LogP contribution is 2.41. The smallest absolute Gasteiger partial charge is 0.306 e. The molecule has 0 saturated carbocycles. The van der Waals surface area contributed by atoms with Crippen LogP contribution in [0.4, 0.5) is 8.78 Å². The van der Waals surface area contributed by atoms with E-state index in [4.69, 9.17) is 11.6 Å². The lowest BCUT2D eigenvalue weighted by Gasteiger charge is -2.21. The van der Waals surface area contributed by atoms with Crippen LogP contribution < -0.4 is 0 Å². The summed E-state index contributed by atoms with van der Waals surface area (Å²) >= 11 is 6.71. The molecule has 0 radical (unpaired) electrons. The molecule has 1 aromatic carbocycles. The summed E-state index contributed by atoms with van der Waals surface area (Å²) in [7, 11) is 1.17. The van der Waals surface area contributed by atoms with E-state index < -0.39 is 15.8 Å². The van der Waals surface area contributed by atoms with Crippen LogP contribution in [-0.2, 0) is 9.53 Å². The highest BCUT2D eigenvalue weighted by atomic mass is 127. The van der Waals surface area contributed by atoms with E-state index in [-0.39, 0.29) is 6.42 Å². The standard InChI is InChI=1S/C11H10ClF2IO2/c1-17-10(16)6-9(11(13,14)15)7-2-4-8(12)5-3-7/h2-5,9H,6H2,1H3/t9-/m1/s1. The van der Waals surface area contributed by atoms with Gasteiger partial charge in [0, 0.05) is 5.02 Å². The van der Waals surface area contributed by atoms with Crippen LogP contribution in [0.1, 0.15) is 17.9 Å². The van der Waals surface area contributed by atoms with Crippen molar-refractivity contribution in [1.29, 1.82) is 0 Å². The van der Waals surface area contributed by atoms with Crippen LogP contribution >= 0.6 is 34.2 Å². The Hall–Kier alpha value is -0.430. The molecule has 1 atom stereocenters. The molecule has 0 saturated heterocycles. The number of carbonyl (C=O) groups is 1. The first-order chi connectivity index (χ1) is 7.84.